The topological polar surface area (TPSA) is 91.7 Å². The molecule has 0 saturated carbocycles. The third-order valence-corrected chi connectivity index (χ3v) is 2.77. The van der Waals surface area contributed by atoms with E-state index in [-0.39, 0.29) is 5.56 Å². The lowest BCUT2D eigenvalue weighted by Gasteiger charge is -2.29. The van der Waals surface area contributed by atoms with Crippen LogP contribution < -0.4 is 0 Å². The first-order chi connectivity index (χ1) is 8.31. The fourth-order valence-corrected chi connectivity index (χ4v) is 1.98. The van der Waals surface area contributed by atoms with Gasteiger partial charge in [0, 0.05) is 0 Å². The Morgan fingerprint density at radius 1 is 1.06 bits per heavy atom. The summed E-state index contributed by atoms with van der Waals surface area (Å²) in [4.78, 5) is 34.2. The number of ketones is 2. The van der Waals surface area contributed by atoms with E-state index in [2.05, 4.69) is 0 Å². The summed E-state index contributed by atoms with van der Waals surface area (Å²) in [6.07, 6.45) is 0. The maximum atomic E-state index is 11.5. The molecule has 0 amide bonds. The summed E-state index contributed by atoms with van der Waals surface area (Å²) in [5, 5.41) is 19.5. The molecule has 0 heterocycles. The summed E-state index contributed by atoms with van der Waals surface area (Å²) in [5.74, 6) is -4.60. The smallest absolute Gasteiger partial charge is 0.341 e. The summed E-state index contributed by atoms with van der Waals surface area (Å²) in [6.45, 7) is 2.17. The molecule has 0 aliphatic carbocycles. The zero-order chi connectivity index (χ0) is 13.9. The molecule has 0 fully saturated rings. The van der Waals surface area contributed by atoms with Crippen molar-refractivity contribution in [3.8, 4) is 0 Å². The number of Topliss-reactive ketones (excluding diaryl/α,β-unsaturated/α-hetero) is 2. The molecule has 0 bridgehead atoms. The van der Waals surface area contributed by atoms with Crippen LogP contribution in [-0.4, -0.2) is 27.7 Å². The highest BCUT2D eigenvalue weighted by atomic mass is 16.4. The van der Waals surface area contributed by atoms with Gasteiger partial charge in [-0.2, -0.15) is 0 Å². The normalized spacial score (nSPS) is 14.0. The largest absolute Gasteiger partial charge is 0.479 e. The Morgan fingerprint density at radius 2 is 1.50 bits per heavy atom. The number of hydrogen-bond donors (Lipinski definition) is 2. The van der Waals surface area contributed by atoms with E-state index in [0.717, 1.165) is 13.8 Å². The predicted molar refractivity (Wildman–Crippen MR) is 62.8 cm³/mol. The van der Waals surface area contributed by atoms with Gasteiger partial charge in [-0.1, -0.05) is 30.3 Å². The first kappa shape index (κ1) is 14.1. The molecule has 5 heteroatoms. The lowest BCUT2D eigenvalue weighted by Crippen LogP contribution is -2.49. The van der Waals surface area contributed by atoms with Crippen molar-refractivity contribution in [2.24, 2.45) is 5.92 Å². The molecular formula is C13H14O5. The quantitative estimate of drug-likeness (QED) is 0.752. The molecule has 2 N–H and O–H groups in total. The minimum absolute atomic E-state index is 0.00731. The van der Waals surface area contributed by atoms with Crippen LogP contribution in [-0.2, 0) is 20.0 Å². The monoisotopic (exact) mass is 250 g/mol. The number of hydrogen-bond acceptors (Lipinski definition) is 4. The van der Waals surface area contributed by atoms with E-state index in [1.165, 1.54) is 24.3 Å². The average molecular weight is 250 g/mol. The van der Waals surface area contributed by atoms with Gasteiger partial charge in [0.1, 0.15) is 17.5 Å². The molecule has 1 aromatic carbocycles. The molecule has 18 heavy (non-hydrogen) atoms. The Morgan fingerprint density at radius 3 is 1.83 bits per heavy atom. The van der Waals surface area contributed by atoms with Gasteiger partial charge in [0.15, 0.2) is 0 Å². The first-order valence-corrected chi connectivity index (χ1v) is 5.34. The van der Waals surface area contributed by atoms with Crippen LogP contribution in [0.15, 0.2) is 30.3 Å². The average Bonchev–Trinajstić information content (AvgIpc) is 2.28. The number of carbonyl (C=O) groups excluding carboxylic acids is 2. The Balaban J connectivity index is 3.45. The second kappa shape index (κ2) is 5.10. The molecule has 1 unspecified atom stereocenters. The molecule has 1 atom stereocenters. The highest BCUT2D eigenvalue weighted by Gasteiger charge is 2.50. The number of carbonyl (C=O) groups is 3. The van der Waals surface area contributed by atoms with Crippen LogP contribution in [0.4, 0.5) is 0 Å². The van der Waals surface area contributed by atoms with Crippen LogP contribution in [0.1, 0.15) is 19.4 Å². The summed E-state index contributed by atoms with van der Waals surface area (Å²) in [7, 11) is 0. The van der Waals surface area contributed by atoms with E-state index in [4.69, 9.17) is 0 Å². The van der Waals surface area contributed by atoms with Gasteiger partial charge in [-0.25, -0.2) is 4.79 Å². The molecule has 5 nitrogen and oxygen atoms in total. The van der Waals surface area contributed by atoms with Gasteiger partial charge in [-0.3, -0.25) is 9.59 Å². The lowest BCUT2D eigenvalue weighted by atomic mass is 9.77. The van der Waals surface area contributed by atoms with Crippen LogP contribution in [0.25, 0.3) is 0 Å². The maximum absolute atomic E-state index is 11.5. The van der Waals surface area contributed by atoms with Crippen molar-refractivity contribution in [1.29, 1.82) is 0 Å². The molecule has 0 radical (unpaired) electrons. The molecule has 0 spiro atoms. The van der Waals surface area contributed by atoms with Crippen molar-refractivity contribution in [3.05, 3.63) is 35.9 Å². The van der Waals surface area contributed by atoms with Crippen LogP contribution in [0.3, 0.4) is 0 Å². The molecule has 1 rings (SSSR count). The Bertz CT molecular complexity index is 465. The summed E-state index contributed by atoms with van der Waals surface area (Å²) < 4.78 is 0. The second-order valence-electron chi connectivity index (χ2n) is 4.09. The number of aliphatic hydroxyl groups is 1. The summed E-state index contributed by atoms with van der Waals surface area (Å²) in [6, 6.07) is 7.43. The van der Waals surface area contributed by atoms with Gasteiger partial charge < -0.3 is 10.2 Å². The SMILES string of the molecule is CC(=O)C(C(C)=O)C(O)(C(=O)O)c1ccccc1. The Kier molecular flexibility index (Phi) is 3.98. The third-order valence-electron chi connectivity index (χ3n) is 2.77. The molecular weight excluding hydrogens is 236 g/mol. The van der Waals surface area contributed by atoms with E-state index in [0.29, 0.717) is 0 Å². The van der Waals surface area contributed by atoms with Crippen molar-refractivity contribution in [1.82, 2.24) is 0 Å². The van der Waals surface area contributed by atoms with Gasteiger partial charge in [0.05, 0.1) is 0 Å². The van der Waals surface area contributed by atoms with Crippen LogP contribution in [0.2, 0.25) is 0 Å². The zero-order valence-electron chi connectivity index (χ0n) is 10.1. The lowest BCUT2D eigenvalue weighted by molar-refractivity contribution is -0.172. The summed E-state index contributed by atoms with van der Waals surface area (Å²) in [5.41, 5.74) is -2.52. The van der Waals surface area contributed by atoms with E-state index in [9.17, 15) is 24.6 Å². The van der Waals surface area contributed by atoms with Crippen LogP contribution in [0, 0.1) is 5.92 Å². The van der Waals surface area contributed by atoms with E-state index in [1.54, 1.807) is 6.07 Å². The Hall–Kier alpha value is -2.01. The molecule has 1 aromatic rings. The van der Waals surface area contributed by atoms with Crippen molar-refractivity contribution < 1.29 is 24.6 Å². The summed E-state index contributed by atoms with van der Waals surface area (Å²) >= 11 is 0. The fourth-order valence-electron chi connectivity index (χ4n) is 1.98. The van der Waals surface area contributed by atoms with Gasteiger partial charge >= 0.3 is 5.97 Å². The second-order valence-corrected chi connectivity index (χ2v) is 4.09. The van der Waals surface area contributed by atoms with Crippen molar-refractivity contribution in [2.45, 2.75) is 19.4 Å². The highest BCUT2D eigenvalue weighted by Crippen LogP contribution is 2.31. The zero-order valence-corrected chi connectivity index (χ0v) is 10.1. The maximum Gasteiger partial charge on any atom is 0.341 e. The highest BCUT2D eigenvalue weighted by molar-refractivity contribution is 6.06. The number of benzene rings is 1. The molecule has 0 aliphatic rings. The standard InChI is InChI=1S/C13H14O5/c1-8(14)11(9(2)15)13(18,12(16)17)10-6-4-3-5-7-10/h3-7,11,18H,1-2H3,(H,16,17). The number of aliphatic carboxylic acids is 1. The number of carboxylic acid groups (broad SMARTS) is 1. The molecule has 0 aliphatic heterocycles. The molecule has 96 valence electrons. The van der Waals surface area contributed by atoms with Crippen LogP contribution >= 0.6 is 0 Å². The van der Waals surface area contributed by atoms with Gasteiger partial charge in [-0.05, 0) is 19.4 Å². The van der Waals surface area contributed by atoms with E-state index >= 15 is 0 Å². The third kappa shape index (κ3) is 2.31. The molecule has 0 saturated heterocycles. The van der Waals surface area contributed by atoms with Gasteiger partial charge in [0.25, 0.3) is 0 Å². The minimum Gasteiger partial charge on any atom is -0.479 e. The van der Waals surface area contributed by atoms with E-state index in [1.807, 2.05) is 0 Å². The van der Waals surface area contributed by atoms with Crippen molar-refractivity contribution in [3.63, 3.8) is 0 Å². The van der Waals surface area contributed by atoms with E-state index < -0.39 is 29.1 Å². The fraction of sp³-hybridized carbons (Fsp3) is 0.308. The van der Waals surface area contributed by atoms with Crippen molar-refractivity contribution >= 4 is 17.5 Å². The van der Waals surface area contributed by atoms with Gasteiger partial charge in [-0.15, -0.1) is 0 Å². The molecule has 0 aromatic heterocycles. The number of rotatable bonds is 5. The minimum atomic E-state index is -2.53. The number of carboxylic acids is 1. The first-order valence-electron chi connectivity index (χ1n) is 5.34. The van der Waals surface area contributed by atoms with Crippen LogP contribution in [0.5, 0.6) is 0 Å². The predicted octanol–water partition coefficient (Wildman–Crippen LogP) is 0.753. The van der Waals surface area contributed by atoms with Gasteiger partial charge in [0.2, 0.25) is 5.60 Å². The Labute approximate surface area is 104 Å². The van der Waals surface area contributed by atoms with Crippen molar-refractivity contribution in [2.75, 3.05) is 0 Å².